The predicted molar refractivity (Wildman–Crippen MR) is 98.3 cm³/mol. The predicted octanol–water partition coefficient (Wildman–Crippen LogP) is 3.00. The molecule has 0 unspecified atom stereocenters. The van der Waals surface area contributed by atoms with E-state index in [9.17, 15) is 0 Å². The summed E-state index contributed by atoms with van der Waals surface area (Å²) in [5.41, 5.74) is 8.41. The molecule has 0 radical (unpaired) electrons. The molecule has 9 heteroatoms. The van der Waals surface area contributed by atoms with Crippen LogP contribution in [-0.4, -0.2) is 24.1 Å². The standard InChI is InChI=1S/C16H10ClN7S/c17-8-4-5-9-10(7-8)25-16(20-9)24-14(19)12-13(18)23-6-2-1-3-11(23)21-15(12)22-24/h1-7,18H,19H2. The van der Waals surface area contributed by atoms with Gasteiger partial charge in [0.1, 0.15) is 22.3 Å². The lowest BCUT2D eigenvalue weighted by atomic mass is 10.3. The monoisotopic (exact) mass is 367 g/mol. The summed E-state index contributed by atoms with van der Waals surface area (Å²) in [6, 6.07) is 11.0. The van der Waals surface area contributed by atoms with Crippen LogP contribution in [0.5, 0.6) is 0 Å². The normalized spacial score (nSPS) is 11.7. The summed E-state index contributed by atoms with van der Waals surface area (Å²) >= 11 is 7.48. The van der Waals surface area contributed by atoms with Crippen molar-refractivity contribution in [3.8, 4) is 5.13 Å². The van der Waals surface area contributed by atoms with Gasteiger partial charge in [-0.05, 0) is 30.3 Å². The summed E-state index contributed by atoms with van der Waals surface area (Å²) in [6.07, 6.45) is 1.78. The lowest BCUT2D eigenvalue weighted by molar-refractivity contribution is 0.892. The summed E-state index contributed by atoms with van der Waals surface area (Å²) in [4.78, 5) is 9.06. The summed E-state index contributed by atoms with van der Waals surface area (Å²) < 4.78 is 4.15. The van der Waals surface area contributed by atoms with Crippen LogP contribution in [0.1, 0.15) is 0 Å². The molecule has 0 aliphatic rings. The molecule has 0 saturated heterocycles. The lowest BCUT2D eigenvalue weighted by Crippen LogP contribution is -2.15. The van der Waals surface area contributed by atoms with E-state index in [-0.39, 0.29) is 5.49 Å². The molecule has 0 aliphatic heterocycles. The molecular weight excluding hydrogens is 358 g/mol. The maximum absolute atomic E-state index is 8.44. The van der Waals surface area contributed by atoms with Crippen molar-refractivity contribution in [3.63, 3.8) is 0 Å². The van der Waals surface area contributed by atoms with Crippen LogP contribution in [0.2, 0.25) is 5.02 Å². The van der Waals surface area contributed by atoms with Gasteiger partial charge in [-0.3, -0.25) is 9.81 Å². The Morgan fingerprint density at radius 3 is 2.92 bits per heavy atom. The van der Waals surface area contributed by atoms with E-state index in [0.29, 0.717) is 32.7 Å². The number of hydrogen-bond donors (Lipinski definition) is 2. The number of hydrogen-bond acceptors (Lipinski definition) is 6. The Bertz CT molecular complexity index is 1350. The van der Waals surface area contributed by atoms with E-state index in [0.717, 1.165) is 10.2 Å². The molecule has 0 amide bonds. The minimum absolute atomic E-state index is 0.244. The van der Waals surface area contributed by atoms with Crippen molar-refractivity contribution in [3.05, 3.63) is 53.1 Å². The largest absolute Gasteiger partial charge is 0.383 e. The Morgan fingerprint density at radius 2 is 2.04 bits per heavy atom. The molecule has 0 bridgehead atoms. The first-order chi connectivity index (χ1) is 12.1. The third kappa shape index (κ3) is 2.04. The number of halogens is 1. The SMILES string of the molecule is N=c1c2c(N)n(-c3nc4ccc(Cl)cc4s3)nc2nc2ccccn12. The van der Waals surface area contributed by atoms with Crippen LogP contribution >= 0.6 is 22.9 Å². The number of anilines is 1. The Hall–Kier alpha value is -2.97. The fraction of sp³-hybridized carbons (Fsp3) is 0. The molecule has 0 aliphatic carbocycles. The molecule has 5 rings (SSSR count). The van der Waals surface area contributed by atoms with Gasteiger partial charge in [0.15, 0.2) is 5.65 Å². The molecular formula is C16H10ClN7S. The zero-order valence-electron chi connectivity index (χ0n) is 12.6. The molecule has 25 heavy (non-hydrogen) atoms. The fourth-order valence-electron chi connectivity index (χ4n) is 2.79. The third-order valence-electron chi connectivity index (χ3n) is 3.96. The van der Waals surface area contributed by atoms with E-state index in [2.05, 4.69) is 15.1 Å². The second kappa shape index (κ2) is 5.01. The van der Waals surface area contributed by atoms with Crippen LogP contribution in [-0.2, 0) is 0 Å². The van der Waals surface area contributed by atoms with Gasteiger partial charge in [-0.2, -0.15) is 4.68 Å². The second-order valence-corrected chi connectivity index (χ2v) is 6.94. The molecule has 0 fully saturated rings. The van der Waals surface area contributed by atoms with E-state index >= 15 is 0 Å². The van der Waals surface area contributed by atoms with Gasteiger partial charge in [-0.25, -0.2) is 9.97 Å². The highest BCUT2D eigenvalue weighted by atomic mass is 35.5. The first-order valence-corrected chi connectivity index (χ1v) is 8.58. The minimum atomic E-state index is 0.244. The van der Waals surface area contributed by atoms with Crippen LogP contribution in [0.4, 0.5) is 5.82 Å². The van der Waals surface area contributed by atoms with E-state index < -0.39 is 0 Å². The number of benzene rings is 1. The number of thiazole rings is 1. The van der Waals surface area contributed by atoms with Crippen LogP contribution < -0.4 is 11.2 Å². The number of fused-ring (bicyclic) bond motifs is 3. The minimum Gasteiger partial charge on any atom is -0.383 e. The van der Waals surface area contributed by atoms with Gasteiger partial charge < -0.3 is 5.73 Å². The number of nitrogens with zero attached hydrogens (tertiary/aromatic N) is 5. The van der Waals surface area contributed by atoms with Crippen molar-refractivity contribution < 1.29 is 0 Å². The summed E-state index contributed by atoms with van der Waals surface area (Å²) in [5, 5.41) is 14.7. The highest BCUT2D eigenvalue weighted by Gasteiger charge is 2.17. The van der Waals surface area contributed by atoms with E-state index in [1.165, 1.54) is 16.0 Å². The average Bonchev–Trinajstić information content (AvgIpc) is 3.16. The number of nitrogens with two attached hydrogens (primary N) is 1. The van der Waals surface area contributed by atoms with Crippen molar-refractivity contribution in [1.82, 2.24) is 24.1 Å². The van der Waals surface area contributed by atoms with Gasteiger partial charge >= 0.3 is 0 Å². The highest BCUT2D eigenvalue weighted by molar-refractivity contribution is 7.20. The van der Waals surface area contributed by atoms with Crippen molar-refractivity contribution in [2.75, 3.05) is 5.73 Å². The van der Waals surface area contributed by atoms with E-state index in [1.807, 2.05) is 30.3 Å². The highest BCUT2D eigenvalue weighted by Crippen LogP contribution is 2.29. The maximum atomic E-state index is 8.44. The molecule has 0 spiro atoms. The van der Waals surface area contributed by atoms with Crippen LogP contribution in [0.25, 0.3) is 32.0 Å². The van der Waals surface area contributed by atoms with Gasteiger partial charge in [-0.15, -0.1) is 5.10 Å². The van der Waals surface area contributed by atoms with Gasteiger partial charge in [0.25, 0.3) is 0 Å². The number of rotatable bonds is 1. The van der Waals surface area contributed by atoms with Crippen molar-refractivity contribution >= 4 is 55.7 Å². The first kappa shape index (κ1) is 14.4. The third-order valence-corrected chi connectivity index (χ3v) is 5.19. The summed E-state index contributed by atoms with van der Waals surface area (Å²) in [7, 11) is 0. The smallest absolute Gasteiger partial charge is 0.213 e. The molecule has 3 N–H and O–H groups in total. The van der Waals surface area contributed by atoms with Crippen molar-refractivity contribution in [2.45, 2.75) is 0 Å². The maximum Gasteiger partial charge on any atom is 0.213 e. The topological polar surface area (TPSA) is 97.9 Å². The van der Waals surface area contributed by atoms with E-state index in [1.54, 1.807) is 16.7 Å². The first-order valence-electron chi connectivity index (χ1n) is 7.38. The summed E-state index contributed by atoms with van der Waals surface area (Å²) in [6.45, 7) is 0. The van der Waals surface area contributed by atoms with Gasteiger partial charge in [0, 0.05) is 11.2 Å². The lowest BCUT2D eigenvalue weighted by Gasteiger charge is -2.00. The molecule has 5 aromatic rings. The molecule has 4 aromatic heterocycles. The number of nitrogens with one attached hydrogen (secondary N) is 1. The van der Waals surface area contributed by atoms with Crippen molar-refractivity contribution in [1.29, 1.82) is 5.41 Å². The fourth-order valence-corrected chi connectivity index (χ4v) is 4.00. The molecule has 7 nitrogen and oxygen atoms in total. The zero-order valence-corrected chi connectivity index (χ0v) is 14.2. The van der Waals surface area contributed by atoms with Crippen LogP contribution in [0.15, 0.2) is 42.6 Å². The second-order valence-electron chi connectivity index (χ2n) is 5.49. The van der Waals surface area contributed by atoms with Gasteiger partial charge in [-0.1, -0.05) is 29.0 Å². The van der Waals surface area contributed by atoms with Crippen molar-refractivity contribution in [2.24, 2.45) is 0 Å². The summed E-state index contributed by atoms with van der Waals surface area (Å²) in [5.74, 6) is 0.343. The van der Waals surface area contributed by atoms with Gasteiger partial charge in [0.05, 0.1) is 10.2 Å². The Balaban J connectivity index is 1.83. The molecule has 4 heterocycles. The molecule has 0 atom stereocenters. The molecule has 122 valence electrons. The zero-order chi connectivity index (χ0) is 17.1. The quantitative estimate of drug-likeness (QED) is 0.476. The molecule has 0 saturated carbocycles. The Morgan fingerprint density at radius 1 is 1.16 bits per heavy atom. The molecule has 1 aromatic carbocycles. The Kier molecular flexibility index (Phi) is 2.88. The van der Waals surface area contributed by atoms with Crippen LogP contribution in [0, 0.1) is 5.41 Å². The van der Waals surface area contributed by atoms with Crippen LogP contribution in [0.3, 0.4) is 0 Å². The number of pyridine rings is 1. The van der Waals surface area contributed by atoms with E-state index in [4.69, 9.17) is 22.7 Å². The van der Waals surface area contributed by atoms with Gasteiger partial charge in [0.2, 0.25) is 5.13 Å². The Labute approximate surface area is 149 Å². The number of nitrogen functional groups attached to an aromatic ring is 1. The number of aromatic nitrogens is 5. The average molecular weight is 368 g/mol.